The van der Waals surface area contributed by atoms with E-state index in [-0.39, 0.29) is 0 Å². The molecule has 0 aliphatic carbocycles. The molecule has 1 unspecified atom stereocenters. The maximum atomic E-state index is 5.68. The van der Waals surface area contributed by atoms with E-state index in [1.807, 2.05) is 24.3 Å². The van der Waals surface area contributed by atoms with Gasteiger partial charge in [-0.3, -0.25) is 0 Å². The number of hydrogen-bond donors (Lipinski definition) is 1. The quantitative estimate of drug-likeness (QED) is 0.695. The molecule has 2 aromatic carbocycles. The minimum atomic E-state index is 0.316. The number of hydrogen-bond acceptors (Lipinski definition) is 2. The molecular formula is C16H17Br2NO. The smallest absolute Gasteiger partial charge is 0.119 e. The van der Waals surface area contributed by atoms with Crippen LogP contribution in [0.4, 0.5) is 0 Å². The van der Waals surface area contributed by atoms with Crippen molar-refractivity contribution >= 4 is 31.9 Å². The van der Waals surface area contributed by atoms with Crippen LogP contribution in [0.15, 0.2) is 57.5 Å². The molecule has 0 saturated carbocycles. The molecule has 106 valence electrons. The number of nitrogens with one attached hydrogen (secondary N) is 1. The molecule has 1 atom stereocenters. The number of halogens is 2. The van der Waals surface area contributed by atoms with E-state index < -0.39 is 0 Å². The predicted molar refractivity (Wildman–Crippen MR) is 90.2 cm³/mol. The lowest BCUT2D eigenvalue weighted by Gasteiger charge is -2.14. The molecule has 1 N–H and O–H groups in total. The van der Waals surface area contributed by atoms with Crippen LogP contribution in [0.1, 0.15) is 18.5 Å². The van der Waals surface area contributed by atoms with Crippen LogP contribution in [-0.2, 0) is 0 Å². The van der Waals surface area contributed by atoms with Crippen molar-refractivity contribution in [1.82, 2.24) is 5.32 Å². The minimum absolute atomic E-state index is 0.316. The first kappa shape index (κ1) is 15.5. The topological polar surface area (TPSA) is 21.3 Å². The third-order valence-electron chi connectivity index (χ3n) is 3.00. The van der Waals surface area contributed by atoms with Crippen LogP contribution < -0.4 is 10.1 Å². The van der Waals surface area contributed by atoms with Crippen LogP contribution in [0.3, 0.4) is 0 Å². The molecule has 0 bridgehead atoms. The number of benzene rings is 2. The van der Waals surface area contributed by atoms with Gasteiger partial charge in [0.05, 0.1) is 0 Å². The summed E-state index contributed by atoms with van der Waals surface area (Å²) in [6, 6.07) is 16.6. The summed E-state index contributed by atoms with van der Waals surface area (Å²) < 4.78 is 7.84. The average Bonchev–Trinajstić information content (AvgIpc) is 2.46. The highest BCUT2D eigenvalue weighted by Crippen LogP contribution is 2.17. The van der Waals surface area contributed by atoms with Crippen molar-refractivity contribution in [2.24, 2.45) is 0 Å². The van der Waals surface area contributed by atoms with Crippen LogP contribution in [0.2, 0.25) is 0 Å². The van der Waals surface area contributed by atoms with Crippen molar-refractivity contribution in [1.29, 1.82) is 0 Å². The number of ether oxygens (including phenoxy) is 1. The normalized spacial score (nSPS) is 12.2. The van der Waals surface area contributed by atoms with Crippen molar-refractivity contribution in [3.8, 4) is 5.75 Å². The maximum absolute atomic E-state index is 5.68. The molecule has 0 saturated heterocycles. The monoisotopic (exact) mass is 397 g/mol. The standard InChI is InChI=1S/C16H17Br2NO/c1-12(13-2-4-14(17)5-3-13)19-10-11-20-16-8-6-15(18)7-9-16/h2-9,12,19H,10-11H2,1H3. The van der Waals surface area contributed by atoms with E-state index in [2.05, 4.69) is 68.4 Å². The Hall–Kier alpha value is -0.840. The van der Waals surface area contributed by atoms with E-state index in [1.54, 1.807) is 0 Å². The molecule has 0 heterocycles. The third kappa shape index (κ3) is 4.93. The fraction of sp³-hybridized carbons (Fsp3) is 0.250. The van der Waals surface area contributed by atoms with Gasteiger partial charge in [-0.15, -0.1) is 0 Å². The van der Waals surface area contributed by atoms with Gasteiger partial charge in [-0.05, 0) is 48.9 Å². The first-order valence-corrected chi connectivity index (χ1v) is 8.11. The zero-order valence-corrected chi connectivity index (χ0v) is 14.4. The Balaban J connectivity index is 1.72. The summed E-state index contributed by atoms with van der Waals surface area (Å²) >= 11 is 6.85. The minimum Gasteiger partial charge on any atom is -0.492 e. The summed E-state index contributed by atoms with van der Waals surface area (Å²) in [4.78, 5) is 0. The molecule has 0 spiro atoms. The van der Waals surface area contributed by atoms with Gasteiger partial charge in [0.15, 0.2) is 0 Å². The molecule has 2 nitrogen and oxygen atoms in total. The molecule has 2 rings (SSSR count). The van der Waals surface area contributed by atoms with Crippen molar-refractivity contribution < 1.29 is 4.74 Å². The molecule has 0 aromatic heterocycles. The summed E-state index contributed by atoms with van der Waals surface area (Å²) in [5.74, 6) is 0.895. The van der Waals surface area contributed by atoms with Crippen molar-refractivity contribution in [2.45, 2.75) is 13.0 Å². The van der Waals surface area contributed by atoms with E-state index in [1.165, 1.54) is 5.56 Å². The third-order valence-corrected chi connectivity index (χ3v) is 4.06. The molecular weight excluding hydrogens is 382 g/mol. The summed E-state index contributed by atoms with van der Waals surface area (Å²) in [6.07, 6.45) is 0. The fourth-order valence-electron chi connectivity index (χ4n) is 1.84. The molecule has 4 heteroatoms. The summed E-state index contributed by atoms with van der Waals surface area (Å²) in [6.45, 7) is 3.62. The first-order valence-electron chi connectivity index (χ1n) is 6.52. The van der Waals surface area contributed by atoms with Gasteiger partial charge in [0.2, 0.25) is 0 Å². The molecule has 0 aliphatic heterocycles. The van der Waals surface area contributed by atoms with E-state index in [9.17, 15) is 0 Å². The highest BCUT2D eigenvalue weighted by molar-refractivity contribution is 9.10. The van der Waals surface area contributed by atoms with Crippen LogP contribution in [0, 0.1) is 0 Å². The van der Waals surface area contributed by atoms with Crippen LogP contribution in [0.25, 0.3) is 0 Å². The maximum Gasteiger partial charge on any atom is 0.119 e. The Morgan fingerprint density at radius 3 is 2.10 bits per heavy atom. The van der Waals surface area contributed by atoms with Crippen molar-refractivity contribution in [3.05, 3.63) is 63.0 Å². The molecule has 0 amide bonds. The Bertz CT molecular complexity index is 525. The molecule has 2 aromatic rings. The zero-order valence-electron chi connectivity index (χ0n) is 11.3. The SMILES string of the molecule is CC(NCCOc1ccc(Br)cc1)c1ccc(Br)cc1. The van der Waals surface area contributed by atoms with Crippen LogP contribution >= 0.6 is 31.9 Å². The van der Waals surface area contributed by atoms with Crippen LogP contribution in [-0.4, -0.2) is 13.2 Å². The second-order valence-corrected chi connectivity index (χ2v) is 6.36. The van der Waals surface area contributed by atoms with Gasteiger partial charge >= 0.3 is 0 Å². The Labute approximate surface area is 136 Å². The van der Waals surface area contributed by atoms with Gasteiger partial charge in [0.25, 0.3) is 0 Å². The lowest BCUT2D eigenvalue weighted by atomic mass is 10.1. The first-order chi connectivity index (χ1) is 9.65. The summed E-state index contributed by atoms with van der Waals surface area (Å²) in [5, 5.41) is 3.45. The molecule has 0 fully saturated rings. The van der Waals surface area contributed by atoms with Gasteiger partial charge in [-0.2, -0.15) is 0 Å². The van der Waals surface area contributed by atoms with E-state index in [0.717, 1.165) is 21.2 Å². The van der Waals surface area contributed by atoms with Crippen molar-refractivity contribution in [2.75, 3.05) is 13.2 Å². The van der Waals surface area contributed by atoms with Gasteiger partial charge in [0, 0.05) is 21.5 Å². The fourth-order valence-corrected chi connectivity index (χ4v) is 2.37. The van der Waals surface area contributed by atoms with E-state index in [0.29, 0.717) is 12.6 Å². The number of rotatable bonds is 6. The highest BCUT2D eigenvalue weighted by Gasteiger charge is 2.04. The molecule has 0 radical (unpaired) electrons. The lowest BCUT2D eigenvalue weighted by molar-refractivity contribution is 0.307. The highest BCUT2D eigenvalue weighted by atomic mass is 79.9. The Kier molecular flexibility index (Phi) is 6.07. The van der Waals surface area contributed by atoms with Crippen molar-refractivity contribution in [3.63, 3.8) is 0 Å². The second-order valence-electron chi connectivity index (χ2n) is 4.53. The van der Waals surface area contributed by atoms with Gasteiger partial charge in [0.1, 0.15) is 12.4 Å². The second kappa shape index (κ2) is 7.81. The zero-order chi connectivity index (χ0) is 14.4. The molecule has 0 aliphatic rings. The summed E-state index contributed by atoms with van der Waals surface area (Å²) in [7, 11) is 0. The predicted octanol–water partition coefficient (Wildman–Crippen LogP) is 4.94. The van der Waals surface area contributed by atoms with Crippen LogP contribution in [0.5, 0.6) is 5.75 Å². The lowest BCUT2D eigenvalue weighted by Crippen LogP contribution is -2.24. The molecule has 20 heavy (non-hydrogen) atoms. The van der Waals surface area contributed by atoms with E-state index in [4.69, 9.17) is 4.74 Å². The summed E-state index contributed by atoms with van der Waals surface area (Å²) in [5.41, 5.74) is 1.27. The van der Waals surface area contributed by atoms with Gasteiger partial charge < -0.3 is 10.1 Å². The largest absolute Gasteiger partial charge is 0.492 e. The van der Waals surface area contributed by atoms with E-state index >= 15 is 0 Å². The average molecular weight is 399 g/mol. The Morgan fingerprint density at radius 2 is 1.50 bits per heavy atom. The van der Waals surface area contributed by atoms with Gasteiger partial charge in [-0.25, -0.2) is 0 Å². The Morgan fingerprint density at radius 1 is 0.950 bits per heavy atom. The van der Waals surface area contributed by atoms with Gasteiger partial charge in [-0.1, -0.05) is 44.0 Å².